The first-order chi connectivity index (χ1) is 8.74. The van der Waals surface area contributed by atoms with Crippen LogP contribution in [0, 0.1) is 3.57 Å². The molecule has 2 heterocycles. The largest absolute Gasteiger partial charge is 0.381 e. The van der Waals surface area contributed by atoms with Crippen molar-refractivity contribution in [3.63, 3.8) is 0 Å². The average molecular weight is 418 g/mol. The number of halogens is 2. The lowest BCUT2D eigenvalue weighted by molar-refractivity contribution is 0.0846. The molecule has 0 amide bonds. The van der Waals surface area contributed by atoms with E-state index in [4.69, 9.17) is 9.72 Å². The van der Waals surface area contributed by atoms with Crippen LogP contribution in [0.25, 0.3) is 10.9 Å². The van der Waals surface area contributed by atoms with Gasteiger partial charge in [0.25, 0.3) is 0 Å². The van der Waals surface area contributed by atoms with Gasteiger partial charge in [-0.1, -0.05) is 22.0 Å². The van der Waals surface area contributed by atoms with Crippen LogP contribution in [-0.2, 0) is 4.74 Å². The molecular formula is C14H13BrINO. The molecule has 0 aliphatic carbocycles. The lowest BCUT2D eigenvalue weighted by Gasteiger charge is -2.21. The summed E-state index contributed by atoms with van der Waals surface area (Å²) in [6.45, 7) is 1.73. The van der Waals surface area contributed by atoms with E-state index >= 15 is 0 Å². The van der Waals surface area contributed by atoms with Crippen LogP contribution in [0.5, 0.6) is 0 Å². The van der Waals surface area contributed by atoms with Crippen molar-refractivity contribution in [3.05, 3.63) is 38.0 Å². The van der Waals surface area contributed by atoms with Crippen molar-refractivity contribution in [1.29, 1.82) is 0 Å². The molecule has 0 saturated carbocycles. The summed E-state index contributed by atoms with van der Waals surface area (Å²) in [5.41, 5.74) is 2.33. The molecule has 2 nitrogen and oxygen atoms in total. The topological polar surface area (TPSA) is 22.1 Å². The Labute approximate surface area is 128 Å². The molecule has 1 fully saturated rings. The second kappa shape index (κ2) is 5.43. The molecule has 1 aliphatic rings. The van der Waals surface area contributed by atoms with Crippen molar-refractivity contribution in [3.8, 4) is 0 Å². The first-order valence-electron chi connectivity index (χ1n) is 6.07. The minimum Gasteiger partial charge on any atom is -0.381 e. The number of fused-ring (bicyclic) bond motifs is 1. The zero-order valence-corrected chi connectivity index (χ0v) is 13.6. The van der Waals surface area contributed by atoms with Crippen LogP contribution in [0.2, 0.25) is 0 Å². The Bertz CT molecular complexity index is 581. The molecule has 4 heteroatoms. The molecule has 1 aromatic carbocycles. The lowest BCUT2D eigenvalue weighted by atomic mass is 9.95. The molecule has 18 heavy (non-hydrogen) atoms. The third-order valence-electron chi connectivity index (χ3n) is 3.37. The van der Waals surface area contributed by atoms with Gasteiger partial charge in [0.15, 0.2) is 0 Å². The predicted octanol–water partition coefficient (Wildman–Crippen LogP) is 4.50. The van der Waals surface area contributed by atoms with Crippen LogP contribution in [0.4, 0.5) is 0 Å². The molecule has 0 atom stereocenters. The molecule has 94 valence electrons. The fourth-order valence-corrected chi connectivity index (χ4v) is 4.06. The standard InChI is InChI=1S/C14H13BrINO/c15-11-7-10-1-2-13(9-3-5-18-6-4-9)17-14(10)12(16)8-11/h1-2,7-9H,3-6H2. The third-order valence-corrected chi connectivity index (χ3v) is 4.65. The average Bonchev–Trinajstić information content (AvgIpc) is 2.39. The Balaban J connectivity index is 2.04. The number of benzene rings is 1. The van der Waals surface area contributed by atoms with Crippen LogP contribution in [0.15, 0.2) is 28.7 Å². The number of ether oxygens (including phenoxy) is 1. The number of pyridine rings is 1. The third kappa shape index (κ3) is 2.56. The zero-order valence-electron chi connectivity index (χ0n) is 9.83. The number of nitrogens with zero attached hydrogens (tertiary/aromatic N) is 1. The predicted molar refractivity (Wildman–Crippen MR) is 85.0 cm³/mol. The van der Waals surface area contributed by atoms with Gasteiger partial charge in [0, 0.05) is 38.3 Å². The van der Waals surface area contributed by atoms with Gasteiger partial charge in [0.2, 0.25) is 0 Å². The first-order valence-corrected chi connectivity index (χ1v) is 7.94. The van der Waals surface area contributed by atoms with E-state index < -0.39 is 0 Å². The maximum absolute atomic E-state index is 5.41. The molecule has 1 aromatic heterocycles. The van der Waals surface area contributed by atoms with E-state index in [0.717, 1.165) is 36.0 Å². The lowest BCUT2D eigenvalue weighted by Crippen LogP contribution is -2.15. The molecule has 0 radical (unpaired) electrons. The van der Waals surface area contributed by atoms with Gasteiger partial charge >= 0.3 is 0 Å². The van der Waals surface area contributed by atoms with E-state index in [1.54, 1.807) is 0 Å². The normalized spacial score (nSPS) is 17.2. The summed E-state index contributed by atoms with van der Waals surface area (Å²) in [7, 11) is 0. The molecule has 2 aromatic rings. The van der Waals surface area contributed by atoms with Crippen LogP contribution >= 0.6 is 38.5 Å². The fraction of sp³-hybridized carbons (Fsp3) is 0.357. The van der Waals surface area contributed by atoms with Gasteiger partial charge in [0.05, 0.1) is 5.52 Å². The van der Waals surface area contributed by atoms with E-state index in [1.807, 2.05) is 0 Å². The van der Waals surface area contributed by atoms with Gasteiger partial charge in [-0.15, -0.1) is 0 Å². The van der Waals surface area contributed by atoms with Crippen LogP contribution in [-0.4, -0.2) is 18.2 Å². The SMILES string of the molecule is Brc1cc(I)c2nc(C3CCOCC3)ccc2c1. The maximum atomic E-state index is 5.41. The first kappa shape index (κ1) is 12.8. The molecular weight excluding hydrogens is 405 g/mol. The minimum absolute atomic E-state index is 0.558. The molecule has 0 unspecified atom stereocenters. The van der Waals surface area contributed by atoms with Gasteiger partial charge in [-0.25, -0.2) is 0 Å². The molecule has 0 bridgehead atoms. The molecule has 1 aliphatic heterocycles. The highest BCUT2D eigenvalue weighted by molar-refractivity contribution is 14.1. The highest BCUT2D eigenvalue weighted by Gasteiger charge is 2.17. The van der Waals surface area contributed by atoms with Gasteiger partial charge < -0.3 is 4.74 Å². The molecule has 1 saturated heterocycles. The Kier molecular flexibility index (Phi) is 3.86. The summed E-state index contributed by atoms with van der Waals surface area (Å²) in [4.78, 5) is 4.86. The van der Waals surface area contributed by atoms with Crippen molar-refractivity contribution in [1.82, 2.24) is 4.98 Å². The van der Waals surface area contributed by atoms with Gasteiger partial charge in [-0.2, -0.15) is 0 Å². The van der Waals surface area contributed by atoms with Crippen molar-refractivity contribution in [2.45, 2.75) is 18.8 Å². The van der Waals surface area contributed by atoms with Crippen LogP contribution in [0.1, 0.15) is 24.5 Å². The van der Waals surface area contributed by atoms with E-state index in [9.17, 15) is 0 Å². The summed E-state index contributed by atoms with van der Waals surface area (Å²) in [6, 6.07) is 8.59. The monoisotopic (exact) mass is 417 g/mol. The van der Waals surface area contributed by atoms with E-state index in [2.05, 4.69) is 62.8 Å². The second-order valence-electron chi connectivity index (χ2n) is 4.58. The molecule has 3 rings (SSSR count). The van der Waals surface area contributed by atoms with Crippen molar-refractivity contribution in [2.75, 3.05) is 13.2 Å². The Morgan fingerprint density at radius 3 is 2.78 bits per heavy atom. The van der Waals surface area contributed by atoms with Crippen LogP contribution < -0.4 is 0 Å². The Morgan fingerprint density at radius 2 is 2.00 bits per heavy atom. The summed E-state index contributed by atoms with van der Waals surface area (Å²) in [5.74, 6) is 0.558. The zero-order chi connectivity index (χ0) is 12.5. The Hall–Kier alpha value is -0.200. The highest BCUT2D eigenvalue weighted by Crippen LogP contribution is 2.29. The number of hydrogen-bond acceptors (Lipinski definition) is 2. The maximum Gasteiger partial charge on any atom is 0.0839 e. The summed E-state index contributed by atoms with van der Waals surface area (Å²) < 4.78 is 7.72. The second-order valence-corrected chi connectivity index (χ2v) is 6.66. The van der Waals surface area contributed by atoms with Crippen molar-refractivity contribution < 1.29 is 4.74 Å². The van der Waals surface area contributed by atoms with Gasteiger partial charge in [-0.05, 0) is 53.6 Å². The molecule has 0 N–H and O–H groups in total. The van der Waals surface area contributed by atoms with Gasteiger partial charge in [0.1, 0.15) is 0 Å². The van der Waals surface area contributed by atoms with E-state index in [1.165, 1.54) is 14.7 Å². The van der Waals surface area contributed by atoms with E-state index in [-0.39, 0.29) is 0 Å². The van der Waals surface area contributed by atoms with E-state index in [0.29, 0.717) is 5.92 Å². The number of hydrogen-bond donors (Lipinski definition) is 0. The summed E-state index contributed by atoms with van der Waals surface area (Å²) >= 11 is 5.88. The van der Waals surface area contributed by atoms with Crippen molar-refractivity contribution in [2.24, 2.45) is 0 Å². The number of aromatic nitrogens is 1. The quantitative estimate of drug-likeness (QED) is 0.637. The smallest absolute Gasteiger partial charge is 0.0839 e. The highest BCUT2D eigenvalue weighted by atomic mass is 127. The fourth-order valence-electron chi connectivity index (χ4n) is 2.39. The summed E-state index contributed by atoms with van der Waals surface area (Å²) in [6.07, 6.45) is 2.18. The summed E-state index contributed by atoms with van der Waals surface area (Å²) in [5, 5.41) is 1.20. The Morgan fingerprint density at radius 1 is 1.22 bits per heavy atom. The molecule has 0 spiro atoms. The van der Waals surface area contributed by atoms with Crippen molar-refractivity contribution >= 4 is 49.4 Å². The van der Waals surface area contributed by atoms with Crippen LogP contribution in [0.3, 0.4) is 0 Å². The number of rotatable bonds is 1. The minimum atomic E-state index is 0.558. The van der Waals surface area contributed by atoms with Gasteiger partial charge in [-0.3, -0.25) is 4.98 Å².